The Morgan fingerprint density at radius 1 is 1.30 bits per heavy atom. The molecule has 2 saturated heterocycles. The van der Waals surface area contributed by atoms with Crippen molar-refractivity contribution >= 4 is 28.7 Å². The van der Waals surface area contributed by atoms with Gasteiger partial charge in [-0.25, -0.2) is 9.78 Å². The summed E-state index contributed by atoms with van der Waals surface area (Å²) in [5.74, 6) is 5.69. The summed E-state index contributed by atoms with van der Waals surface area (Å²) in [6, 6.07) is 3.07. The summed E-state index contributed by atoms with van der Waals surface area (Å²) >= 11 is 0. The van der Waals surface area contributed by atoms with Crippen LogP contribution in [-0.2, 0) is 4.79 Å². The van der Waals surface area contributed by atoms with Crippen LogP contribution in [0.1, 0.15) is 55.5 Å². The molecule has 5 N–H and O–H groups in total. The van der Waals surface area contributed by atoms with Crippen LogP contribution < -0.4 is 20.5 Å². The smallest absolute Gasteiger partial charge is 0.407 e. The number of carboxylic acid groups (broad SMARTS) is 1. The van der Waals surface area contributed by atoms with E-state index in [-0.39, 0.29) is 67.8 Å². The van der Waals surface area contributed by atoms with Gasteiger partial charge < -0.3 is 35.6 Å². The number of piperidine rings is 1. The van der Waals surface area contributed by atoms with Crippen molar-refractivity contribution < 1.29 is 34.1 Å². The first-order chi connectivity index (χ1) is 17.5. The van der Waals surface area contributed by atoms with Crippen molar-refractivity contribution in [3.8, 4) is 23.5 Å². The topological polar surface area (TPSA) is 164 Å². The Kier molecular flexibility index (Phi) is 7.40. The molecule has 2 aromatic rings. The van der Waals surface area contributed by atoms with Gasteiger partial charge in [0.25, 0.3) is 5.91 Å². The van der Waals surface area contributed by atoms with Crippen molar-refractivity contribution in [2.24, 2.45) is 5.73 Å². The summed E-state index contributed by atoms with van der Waals surface area (Å²) in [4.78, 5) is 40.6. The molecule has 0 bridgehead atoms. The van der Waals surface area contributed by atoms with Gasteiger partial charge in [-0.15, -0.1) is 0 Å². The number of rotatable bonds is 6. The van der Waals surface area contributed by atoms with Gasteiger partial charge in [-0.05, 0) is 32.4 Å². The fourth-order valence-corrected chi connectivity index (χ4v) is 4.36. The molecule has 37 heavy (non-hydrogen) atoms. The number of nitrogens with zero attached hydrogens (tertiary/aromatic N) is 2. The van der Waals surface area contributed by atoms with E-state index in [1.807, 2.05) is 13.8 Å². The lowest BCUT2D eigenvalue weighted by Crippen LogP contribution is -2.45. The SMILES string of the molecule is CC(C)Oc1cc2c(OC[C@@H]3CCC(=O)N3)ncc(C#CC3(O)CCN(C(=O)O)CC3)c2cc1C(N)=O. The van der Waals surface area contributed by atoms with Gasteiger partial charge in [0.1, 0.15) is 18.0 Å². The minimum atomic E-state index is -1.36. The highest BCUT2D eigenvalue weighted by Crippen LogP contribution is 2.34. The predicted octanol–water partition coefficient (Wildman–Crippen LogP) is 1.63. The number of hydrogen-bond donors (Lipinski definition) is 4. The Morgan fingerprint density at radius 3 is 2.62 bits per heavy atom. The number of aromatic nitrogens is 1. The average Bonchev–Trinajstić information content (AvgIpc) is 3.26. The molecule has 1 aromatic heterocycles. The number of likely N-dealkylation sites (tertiary alicyclic amines) is 1. The van der Waals surface area contributed by atoms with Crippen molar-refractivity contribution in [2.45, 2.75) is 57.3 Å². The van der Waals surface area contributed by atoms with Gasteiger partial charge in [0, 0.05) is 49.3 Å². The largest absolute Gasteiger partial charge is 0.490 e. The molecule has 2 aliphatic heterocycles. The lowest BCUT2D eigenvalue weighted by molar-refractivity contribution is -0.119. The molecule has 11 heteroatoms. The summed E-state index contributed by atoms with van der Waals surface area (Å²) in [6.45, 7) is 4.21. The number of fused-ring (bicyclic) bond motifs is 1. The molecule has 2 fully saturated rings. The molecule has 3 amide bonds. The third kappa shape index (κ3) is 6.03. The second-order valence-corrected chi connectivity index (χ2v) is 9.57. The number of benzene rings is 1. The van der Waals surface area contributed by atoms with Gasteiger partial charge in [0.05, 0.1) is 23.3 Å². The fourth-order valence-electron chi connectivity index (χ4n) is 4.36. The molecule has 1 atom stereocenters. The highest BCUT2D eigenvalue weighted by atomic mass is 16.5. The highest BCUT2D eigenvalue weighted by Gasteiger charge is 2.32. The van der Waals surface area contributed by atoms with Crippen molar-refractivity contribution in [1.29, 1.82) is 0 Å². The number of primary amides is 1. The number of carbonyl (C=O) groups is 3. The standard InChI is InChI=1S/C26H30N4O7/c1-15(2)37-21-12-19-18(11-20(21)23(27)32)16(5-6-26(35)7-9-30(10-8-26)25(33)34)13-28-24(19)36-14-17-3-4-22(31)29-17/h11-13,15,17,35H,3-4,7-10,14H2,1-2H3,(H2,27,32)(H,29,31)(H,33,34)/t17-/m0/s1. The van der Waals surface area contributed by atoms with Crippen LogP contribution in [0.5, 0.6) is 11.6 Å². The molecular weight excluding hydrogens is 480 g/mol. The molecule has 2 aliphatic rings. The van der Waals surface area contributed by atoms with Crippen LogP contribution in [0.15, 0.2) is 18.3 Å². The van der Waals surface area contributed by atoms with Crippen LogP contribution in [-0.4, -0.2) is 75.4 Å². The van der Waals surface area contributed by atoms with E-state index >= 15 is 0 Å². The number of pyridine rings is 1. The molecule has 0 radical (unpaired) electrons. The van der Waals surface area contributed by atoms with E-state index < -0.39 is 17.6 Å². The third-order valence-corrected chi connectivity index (χ3v) is 6.38. The maximum absolute atomic E-state index is 12.2. The lowest BCUT2D eigenvalue weighted by atomic mass is 9.91. The summed E-state index contributed by atoms with van der Waals surface area (Å²) in [5, 5.41) is 24.0. The Labute approximate surface area is 213 Å². The van der Waals surface area contributed by atoms with Crippen LogP contribution in [0.25, 0.3) is 10.8 Å². The molecule has 1 aromatic carbocycles. The zero-order chi connectivity index (χ0) is 26.7. The summed E-state index contributed by atoms with van der Waals surface area (Å²) < 4.78 is 11.8. The van der Waals surface area contributed by atoms with Crippen molar-refractivity contribution in [3.63, 3.8) is 0 Å². The fraction of sp³-hybridized carbons (Fsp3) is 0.462. The van der Waals surface area contributed by atoms with Gasteiger partial charge in [0.2, 0.25) is 11.8 Å². The normalized spacial score (nSPS) is 18.8. The van der Waals surface area contributed by atoms with Crippen LogP contribution in [0.3, 0.4) is 0 Å². The van der Waals surface area contributed by atoms with Crippen molar-refractivity contribution in [2.75, 3.05) is 19.7 Å². The minimum absolute atomic E-state index is 0.0251. The van der Waals surface area contributed by atoms with E-state index in [1.54, 1.807) is 12.1 Å². The summed E-state index contributed by atoms with van der Waals surface area (Å²) in [7, 11) is 0. The van der Waals surface area contributed by atoms with Gasteiger partial charge >= 0.3 is 6.09 Å². The van der Waals surface area contributed by atoms with Gasteiger partial charge in [-0.2, -0.15) is 0 Å². The summed E-state index contributed by atoms with van der Waals surface area (Å²) in [6.07, 6.45) is 1.67. The Hall–Kier alpha value is -4.04. The Bertz CT molecular complexity index is 1290. The molecule has 0 spiro atoms. The molecule has 0 saturated carbocycles. The average molecular weight is 511 g/mol. The molecule has 11 nitrogen and oxygen atoms in total. The number of amides is 3. The number of ether oxygens (including phenoxy) is 2. The number of nitrogens with two attached hydrogens (primary N) is 1. The minimum Gasteiger partial charge on any atom is -0.490 e. The Balaban J connectivity index is 1.72. The quantitative estimate of drug-likeness (QED) is 0.426. The first-order valence-corrected chi connectivity index (χ1v) is 12.1. The van der Waals surface area contributed by atoms with E-state index in [0.29, 0.717) is 29.2 Å². The molecule has 0 aliphatic carbocycles. The summed E-state index contributed by atoms with van der Waals surface area (Å²) in [5.41, 5.74) is 4.88. The monoisotopic (exact) mass is 510 g/mol. The number of aliphatic hydroxyl groups is 1. The van der Waals surface area contributed by atoms with E-state index in [4.69, 9.17) is 20.3 Å². The van der Waals surface area contributed by atoms with Crippen LogP contribution >= 0.6 is 0 Å². The second-order valence-electron chi connectivity index (χ2n) is 9.57. The predicted molar refractivity (Wildman–Crippen MR) is 133 cm³/mol. The van der Waals surface area contributed by atoms with E-state index in [1.165, 1.54) is 11.1 Å². The van der Waals surface area contributed by atoms with Gasteiger partial charge in [0.15, 0.2) is 0 Å². The third-order valence-electron chi connectivity index (χ3n) is 6.38. The maximum atomic E-state index is 12.2. The van der Waals surface area contributed by atoms with Crippen LogP contribution in [0, 0.1) is 11.8 Å². The maximum Gasteiger partial charge on any atom is 0.407 e. The molecule has 0 unspecified atom stereocenters. The molecule has 4 rings (SSSR count). The molecule has 3 heterocycles. The van der Waals surface area contributed by atoms with Crippen LogP contribution in [0.2, 0.25) is 0 Å². The molecular formula is C26H30N4O7. The van der Waals surface area contributed by atoms with Crippen LogP contribution in [0.4, 0.5) is 4.79 Å². The molecule has 196 valence electrons. The number of hydrogen-bond acceptors (Lipinski definition) is 7. The van der Waals surface area contributed by atoms with Gasteiger partial charge in [-0.1, -0.05) is 11.8 Å². The zero-order valence-corrected chi connectivity index (χ0v) is 20.7. The zero-order valence-electron chi connectivity index (χ0n) is 20.7. The van der Waals surface area contributed by atoms with Gasteiger partial charge in [-0.3, -0.25) is 9.59 Å². The number of nitrogens with one attached hydrogen (secondary N) is 1. The van der Waals surface area contributed by atoms with E-state index in [9.17, 15) is 19.5 Å². The first-order valence-electron chi connectivity index (χ1n) is 12.1. The van der Waals surface area contributed by atoms with E-state index in [2.05, 4.69) is 22.1 Å². The second kappa shape index (κ2) is 10.5. The lowest BCUT2D eigenvalue weighted by Gasteiger charge is -2.33. The first kappa shape index (κ1) is 26.0. The highest BCUT2D eigenvalue weighted by molar-refractivity contribution is 6.03. The number of carbonyl (C=O) groups excluding carboxylic acids is 2. The Morgan fingerprint density at radius 2 is 2.03 bits per heavy atom. The van der Waals surface area contributed by atoms with Crippen molar-refractivity contribution in [1.82, 2.24) is 15.2 Å². The van der Waals surface area contributed by atoms with E-state index in [0.717, 1.165) is 0 Å². The van der Waals surface area contributed by atoms with Crippen molar-refractivity contribution in [3.05, 3.63) is 29.5 Å².